The highest BCUT2D eigenvalue weighted by Crippen LogP contribution is 2.30. The van der Waals surface area contributed by atoms with Gasteiger partial charge in [0.2, 0.25) is 5.91 Å². The molecule has 0 fully saturated rings. The number of benzene rings is 2. The molecule has 5 nitrogen and oxygen atoms in total. The van der Waals surface area contributed by atoms with Crippen molar-refractivity contribution < 1.29 is 14.3 Å². The van der Waals surface area contributed by atoms with E-state index in [0.717, 1.165) is 33.5 Å². The van der Waals surface area contributed by atoms with E-state index in [1.165, 1.54) is 0 Å². The summed E-state index contributed by atoms with van der Waals surface area (Å²) in [6, 6.07) is 13.8. The van der Waals surface area contributed by atoms with Crippen molar-refractivity contribution in [1.82, 2.24) is 10.3 Å². The van der Waals surface area contributed by atoms with E-state index in [-0.39, 0.29) is 11.8 Å². The number of carbonyl (C=O) groups is 1. The molecule has 1 aromatic heterocycles. The van der Waals surface area contributed by atoms with Crippen LogP contribution < -0.4 is 14.8 Å². The number of amides is 1. The highest BCUT2D eigenvalue weighted by Gasteiger charge is 2.26. The Morgan fingerprint density at radius 2 is 2.24 bits per heavy atom. The lowest BCUT2D eigenvalue weighted by atomic mass is 9.95. The number of hydrogen-bond donors (Lipinski definition) is 2. The maximum absolute atomic E-state index is 12.6. The Morgan fingerprint density at radius 1 is 1.32 bits per heavy atom. The largest absolute Gasteiger partial charge is 0.497 e. The Bertz CT molecular complexity index is 916. The molecule has 0 spiro atoms. The number of ether oxygens (including phenoxy) is 2. The average molecular weight is 336 g/mol. The van der Waals surface area contributed by atoms with Crippen LogP contribution in [0.2, 0.25) is 0 Å². The Labute approximate surface area is 146 Å². The fourth-order valence-corrected chi connectivity index (χ4v) is 3.30. The summed E-state index contributed by atoms with van der Waals surface area (Å²) in [7, 11) is 1.64. The molecule has 2 aromatic carbocycles. The zero-order valence-corrected chi connectivity index (χ0v) is 14.0. The van der Waals surface area contributed by atoms with Gasteiger partial charge in [-0.25, -0.2) is 0 Å². The normalized spacial score (nSPS) is 16.1. The maximum atomic E-state index is 12.6. The van der Waals surface area contributed by atoms with Crippen molar-refractivity contribution in [2.24, 2.45) is 5.92 Å². The van der Waals surface area contributed by atoms with Gasteiger partial charge in [-0.1, -0.05) is 12.1 Å². The van der Waals surface area contributed by atoms with E-state index in [4.69, 9.17) is 9.47 Å². The SMILES string of the molecule is COc1ccc2c(c1)C[C@@H](C(=O)NCc1cccc3[nH]ccc13)CO2. The summed E-state index contributed by atoms with van der Waals surface area (Å²) < 4.78 is 11.0. The van der Waals surface area contributed by atoms with Crippen LogP contribution in [0.1, 0.15) is 11.1 Å². The number of nitrogens with one attached hydrogen (secondary N) is 2. The number of H-pyrrole nitrogens is 1. The second-order valence-corrected chi connectivity index (χ2v) is 6.26. The molecule has 2 heterocycles. The zero-order chi connectivity index (χ0) is 17.2. The minimum Gasteiger partial charge on any atom is -0.497 e. The molecule has 1 atom stereocenters. The van der Waals surface area contributed by atoms with Crippen molar-refractivity contribution in [2.45, 2.75) is 13.0 Å². The van der Waals surface area contributed by atoms with Crippen LogP contribution >= 0.6 is 0 Å². The lowest BCUT2D eigenvalue weighted by molar-refractivity contribution is -0.126. The second kappa shape index (κ2) is 6.51. The monoisotopic (exact) mass is 336 g/mol. The standard InChI is InChI=1S/C20H20N2O3/c1-24-16-5-6-19-14(10-16)9-15(12-25-19)20(23)22-11-13-3-2-4-18-17(13)7-8-21-18/h2-8,10,15,21H,9,11-12H2,1H3,(H,22,23)/t15-/m1/s1. The predicted molar refractivity (Wildman–Crippen MR) is 95.8 cm³/mol. The molecule has 5 heteroatoms. The topological polar surface area (TPSA) is 63.3 Å². The zero-order valence-electron chi connectivity index (χ0n) is 14.0. The van der Waals surface area contributed by atoms with Gasteiger partial charge in [0, 0.05) is 23.6 Å². The summed E-state index contributed by atoms with van der Waals surface area (Å²) in [5.41, 5.74) is 3.19. The first-order valence-electron chi connectivity index (χ1n) is 8.37. The van der Waals surface area contributed by atoms with Gasteiger partial charge >= 0.3 is 0 Å². The summed E-state index contributed by atoms with van der Waals surface area (Å²) in [6.07, 6.45) is 2.57. The Morgan fingerprint density at radius 3 is 3.12 bits per heavy atom. The molecule has 1 amide bonds. The number of fused-ring (bicyclic) bond motifs is 2. The number of aromatic amines is 1. The number of hydrogen-bond acceptors (Lipinski definition) is 3. The van der Waals surface area contributed by atoms with Crippen LogP contribution in [-0.2, 0) is 17.8 Å². The summed E-state index contributed by atoms with van der Waals surface area (Å²) >= 11 is 0. The molecule has 4 rings (SSSR count). The number of aromatic nitrogens is 1. The molecule has 25 heavy (non-hydrogen) atoms. The predicted octanol–water partition coefficient (Wildman–Crippen LogP) is 3.04. The summed E-state index contributed by atoms with van der Waals surface area (Å²) in [5, 5.41) is 4.18. The van der Waals surface area contributed by atoms with E-state index in [0.29, 0.717) is 19.6 Å². The molecule has 0 saturated heterocycles. The van der Waals surface area contributed by atoms with Gasteiger partial charge in [0.25, 0.3) is 0 Å². The first kappa shape index (κ1) is 15.6. The van der Waals surface area contributed by atoms with Crippen LogP contribution in [-0.4, -0.2) is 24.6 Å². The van der Waals surface area contributed by atoms with E-state index in [1.54, 1.807) is 7.11 Å². The molecule has 0 bridgehead atoms. The van der Waals surface area contributed by atoms with Crippen LogP contribution in [0.4, 0.5) is 0 Å². The summed E-state index contributed by atoms with van der Waals surface area (Å²) in [4.78, 5) is 15.8. The minimum absolute atomic E-state index is 0.0148. The molecule has 1 aliphatic rings. The summed E-state index contributed by atoms with van der Waals surface area (Å²) in [6.45, 7) is 0.912. The van der Waals surface area contributed by atoms with Gasteiger partial charge in [-0.2, -0.15) is 0 Å². The lowest BCUT2D eigenvalue weighted by Gasteiger charge is -2.25. The van der Waals surface area contributed by atoms with Gasteiger partial charge < -0.3 is 19.8 Å². The third kappa shape index (κ3) is 3.05. The average Bonchev–Trinajstić information content (AvgIpc) is 3.14. The van der Waals surface area contributed by atoms with E-state index in [9.17, 15) is 4.79 Å². The minimum atomic E-state index is -0.190. The van der Waals surface area contributed by atoms with Crippen molar-refractivity contribution in [3.63, 3.8) is 0 Å². The van der Waals surface area contributed by atoms with Crippen LogP contribution in [0.5, 0.6) is 11.5 Å². The lowest BCUT2D eigenvalue weighted by Crippen LogP contribution is -2.37. The third-order valence-corrected chi connectivity index (χ3v) is 4.68. The smallest absolute Gasteiger partial charge is 0.227 e. The van der Waals surface area contributed by atoms with Gasteiger partial charge in [-0.15, -0.1) is 0 Å². The maximum Gasteiger partial charge on any atom is 0.227 e. The van der Waals surface area contributed by atoms with Crippen LogP contribution in [0.3, 0.4) is 0 Å². The first-order valence-corrected chi connectivity index (χ1v) is 8.37. The molecular weight excluding hydrogens is 316 g/mol. The van der Waals surface area contributed by atoms with E-state index >= 15 is 0 Å². The first-order chi connectivity index (χ1) is 12.2. The van der Waals surface area contributed by atoms with Gasteiger partial charge in [0.05, 0.1) is 13.0 Å². The number of rotatable bonds is 4. The van der Waals surface area contributed by atoms with Gasteiger partial charge in [-0.05, 0) is 47.9 Å². The van der Waals surface area contributed by atoms with Crippen molar-refractivity contribution >= 4 is 16.8 Å². The van der Waals surface area contributed by atoms with E-state index < -0.39 is 0 Å². The molecule has 0 radical (unpaired) electrons. The molecule has 0 aliphatic carbocycles. The van der Waals surface area contributed by atoms with Crippen molar-refractivity contribution in [3.8, 4) is 11.5 Å². The van der Waals surface area contributed by atoms with Crippen LogP contribution in [0, 0.1) is 5.92 Å². The van der Waals surface area contributed by atoms with Gasteiger partial charge in [-0.3, -0.25) is 4.79 Å². The van der Waals surface area contributed by atoms with Crippen LogP contribution in [0.25, 0.3) is 10.9 Å². The molecule has 128 valence electrons. The molecule has 1 aliphatic heterocycles. The van der Waals surface area contributed by atoms with Gasteiger partial charge in [0.1, 0.15) is 18.1 Å². The number of methoxy groups -OCH3 is 1. The van der Waals surface area contributed by atoms with Crippen molar-refractivity contribution in [2.75, 3.05) is 13.7 Å². The van der Waals surface area contributed by atoms with Gasteiger partial charge in [0.15, 0.2) is 0 Å². The number of carbonyl (C=O) groups excluding carboxylic acids is 1. The highest BCUT2D eigenvalue weighted by molar-refractivity contribution is 5.84. The summed E-state index contributed by atoms with van der Waals surface area (Å²) in [5.74, 6) is 1.44. The Balaban J connectivity index is 1.44. The third-order valence-electron chi connectivity index (χ3n) is 4.68. The molecule has 0 saturated carbocycles. The molecular formula is C20H20N2O3. The van der Waals surface area contributed by atoms with Crippen molar-refractivity contribution in [1.29, 1.82) is 0 Å². The Kier molecular flexibility index (Phi) is 4.06. The fraction of sp³-hybridized carbons (Fsp3) is 0.250. The van der Waals surface area contributed by atoms with Crippen LogP contribution in [0.15, 0.2) is 48.7 Å². The van der Waals surface area contributed by atoms with E-state index in [2.05, 4.69) is 10.3 Å². The second-order valence-electron chi connectivity index (χ2n) is 6.26. The van der Waals surface area contributed by atoms with E-state index in [1.807, 2.05) is 48.7 Å². The molecule has 2 N–H and O–H groups in total. The van der Waals surface area contributed by atoms with Crippen molar-refractivity contribution in [3.05, 3.63) is 59.8 Å². The quantitative estimate of drug-likeness (QED) is 0.770. The fourth-order valence-electron chi connectivity index (χ4n) is 3.30. The molecule has 0 unspecified atom stereocenters. The Hall–Kier alpha value is -2.95. The highest BCUT2D eigenvalue weighted by atomic mass is 16.5. The molecule has 3 aromatic rings.